The number of hydrogen-bond acceptors (Lipinski definition) is 3. The lowest BCUT2D eigenvalue weighted by molar-refractivity contribution is -0.134. The fourth-order valence-electron chi connectivity index (χ4n) is 11.1. The van der Waals surface area contributed by atoms with Crippen LogP contribution in [-0.2, 0) is 15.6 Å². The Kier molecular flexibility index (Phi) is 6.14. The molecule has 46 heavy (non-hydrogen) atoms. The summed E-state index contributed by atoms with van der Waals surface area (Å²) in [5, 5.41) is 15.1. The van der Waals surface area contributed by atoms with E-state index in [-0.39, 0.29) is 22.8 Å². The molecule has 2 aromatic carbocycles. The number of hydrogen-bond donors (Lipinski definition) is 1. The van der Waals surface area contributed by atoms with Gasteiger partial charge in [0.1, 0.15) is 0 Å². The van der Waals surface area contributed by atoms with Gasteiger partial charge >= 0.3 is 0 Å². The molecule has 0 bridgehead atoms. The van der Waals surface area contributed by atoms with Crippen molar-refractivity contribution in [2.75, 3.05) is 7.11 Å². The van der Waals surface area contributed by atoms with Crippen LogP contribution in [0.25, 0.3) is 16.3 Å². The van der Waals surface area contributed by atoms with Gasteiger partial charge in [0.2, 0.25) is 0 Å². The molecule has 2 aromatic rings. The zero-order valence-corrected chi connectivity index (χ0v) is 29.8. The third-order valence-corrected chi connectivity index (χ3v) is 14.4. The molecule has 0 amide bonds. The highest BCUT2D eigenvalue weighted by molar-refractivity contribution is 6.13. The minimum Gasteiger partial charge on any atom is -0.364 e. The number of benzene rings is 2. The summed E-state index contributed by atoms with van der Waals surface area (Å²) >= 11 is 0. The zero-order chi connectivity index (χ0) is 32.9. The Balaban J connectivity index is 1.35. The summed E-state index contributed by atoms with van der Waals surface area (Å²) < 4.78 is 6.18. The number of methoxy groups -OCH3 is 1. The lowest BCUT2D eigenvalue weighted by Gasteiger charge is -2.43. The second-order valence-corrected chi connectivity index (χ2v) is 17.7. The van der Waals surface area contributed by atoms with Crippen LogP contribution < -0.4 is 0 Å². The molecule has 6 aliphatic rings. The van der Waals surface area contributed by atoms with Gasteiger partial charge in [-0.05, 0) is 112 Å². The van der Waals surface area contributed by atoms with E-state index in [0.29, 0.717) is 29.6 Å². The van der Waals surface area contributed by atoms with Gasteiger partial charge in [-0.1, -0.05) is 103 Å². The summed E-state index contributed by atoms with van der Waals surface area (Å²) in [5.74, 6) is 1.43. The van der Waals surface area contributed by atoms with Gasteiger partial charge in [0.25, 0.3) is 0 Å². The molecule has 2 fully saturated rings. The number of ether oxygens (including phenoxy) is 1. The molecule has 0 aromatic heterocycles. The average Bonchev–Trinajstić information content (AvgIpc) is 3.23. The highest BCUT2D eigenvalue weighted by Gasteiger charge is 2.88. The molecule has 1 heterocycles. The highest BCUT2D eigenvalue weighted by atomic mass is 16.6. The lowest BCUT2D eigenvalue weighted by Crippen LogP contribution is -2.36. The standard InChI is InChI=1S/C43H53NO2/c1-23(2)40(7,8)26-17-19-27-25(20-26)16-18-29-31(27)22-34-35(29)36-32-21-33(39(4,5)6)28-14-12-13-15-30(28)38(32)42(10)41(9,43(42,45)46-11)37(36)24(3)44-34/h12-21,23,25,27,29,31,34-35,45H,22H2,1-11H3. The Morgan fingerprint density at radius 2 is 1.65 bits per heavy atom. The van der Waals surface area contributed by atoms with E-state index in [0.717, 1.165) is 12.1 Å². The first-order chi connectivity index (χ1) is 21.5. The van der Waals surface area contributed by atoms with Crippen molar-refractivity contribution >= 4 is 22.1 Å². The molecular weight excluding hydrogens is 562 g/mol. The second kappa shape index (κ2) is 9.23. The largest absolute Gasteiger partial charge is 0.364 e. The minimum absolute atomic E-state index is 0.0355. The predicted molar refractivity (Wildman–Crippen MR) is 191 cm³/mol. The van der Waals surface area contributed by atoms with Crippen molar-refractivity contribution in [3.63, 3.8) is 0 Å². The van der Waals surface area contributed by atoms with E-state index in [2.05, 4.69) is 130 Å². The zero-order valence-electron chi connectivity index (χ0n) is 29.8. The molecule has 8 rings (SSSR count). The maximum Gasteiger partial charge on any atom is 0.186 e. The molecule has 5 aliphatic carbocycles. The van der Waals surface area contributed by atoms with Crippen molar-refractivity contribution < 1.29 is 9.84 Å². The Hall–Kier alpha value is -2.75. The van der Waals surface area contributed by atoms with Gasteiger partial charge in [0.05, 0.1) is 16.9 Å². The van der Waals surface area contributed by atoms with E-state index in [1.807, 2.05) is 0 Å². The third kappa shape index (κ3) is 3.40. The molecule has 0 spiro atoms. The molecule has 0 radical (unpaired) electrons. The van der Waals surface area contributed by atoms with Crippen LogP contribution in [0.3, 0.4) is 0 Å². The van der Waals surface area contributed by atoms with Gasteiger partial charge in [-0.25, -0.2) is 0 Å². The molecule has 2 saturated carbocycles. The normalized spacial score (nSPS) is 38.9. The Morgan fingerprint density at radius 1 is 0.957 bits per heavy atom. The fraction of sp³-hybridized carbons (Fsp3) is 0.558. The van der Waals surface area contributed by atoms with Crippen LogP contribution in [0, 0.1) is 46.3 Å². The number of aliphatic hydroxyl groups is 1. The van der Waals surface area contributed by atoms with Crippen molar-refractivity contribution in [3.05, 3.63) is 88.5 Å². The molecule has 1 aliphatic heterocycles. The van der Waals surface area contributed by atoms with Gasteiger partial charge in [-0.2, -0.15) is 0 Å². The van der Waals surface area contributed by atoms with Crippen LogP contribution >= 0.6 is 0 Å². The second-order valence-electron chi connectivity index (χ2n) is 17.7. The van der Waals surface area contributed by atoms with E-state index in [9.17, 15) is 5.11 Å². The van der Waals surface area contributed by atoms with Gasteiger partial charge in [-0.3, -0.25) is 4.99 Å². The van der Waals surface area contributed by atoms with Crippen LogP contribution in [0.5, 0.6) is 0 Å². The van der Waals surface area contributed by atoms with Crippen LogP contribution in [-0.4, -0.2) is 29.8 Å². The summed E-state index contributed by atoms with van der Waals surface area (Å²) in [6.45, 7) is 23.1. The first-order valence-corrected chi connectivity index (χ1v) is 17.8. The first-order valence-electron chi connectivity index (χ1n) is 17.8. The summed E-state index contributed by atoms with van der Waals surface area (Å²) in [5.41, 5.74) is 8.13. The van der Waals surface area contributed by atoms with Gasteiger partial charge < -0.3 is 9.84 Å². The minimum atomic E-state index is -1.32. The number of nitrogens with zero attached hydrogens (tertiary/aromatic N) is 1. The van der Waals surface area contributed by atoms with Crippen LogP contribution in [0.1, 0.15) is 92.3 Å². The number of fused-ring (bicyclic) bond motifs is 13. The predicted octanol–water partition coefficient (Wildman–Crippen LogP) is 9.59. The molecule has 9 unspecified atom stereocenters. The summed E-state index contributed by atoms with van der Waals surface area (Å²) in [6, 6.07) is 11.6. The monoisotopic (exact) mass is 615 g/mol. The third-order valence-electron chi connectivity index (χ3n) is 14.4. The van der Waals surface area contributed by atoms with Crippen molar-refractivity contribution in [1.29, 1.82) is 0 Å². The average molecular weight is 616 g/mol. The molecule has 1 N–H and O–H groups in total. The van der Waals surface area contributed by atoms with E-state index in [4.69, 9.17) is 9.73 Å². The number of aliphatic imine (C=N–C) groups is 1. The summed E-state index contributed by atoms with van der Waals surface area (Å²) in [6.07, 6.45) is 13.8. The molecule has 3 nitrogen and oxygen atoms in total. The van der Waals surface area contributed by atoms with Crippen molar-refractivity contribution in [2.24, 2.45) is 51.3 Å². The number of rotatable bonds is 3. The summed E-state index contributed by atoms with van der Waals surface area (Å²) in [4.78, 5) is 5.55. The van der Waals surface area contributed by atoms with Gasteiger partial charge in [0.15, 0.2) is 5.79 Å². The van der Waals surface area contributed by atoms with E-state index in [1.165, 1.54) is 44.2 Å². The van der Waals surface area contributed by atoms with E-state index >= 15 is 0 Å². The van der Waals surface area contributed by atoms with Crippen molar-refractivity contribution in [2.45, 2.75) is 98.3 Å². The highest BCUT2D eigenvalue weighted by Crippen LogP contribution is 2.81. The quantitative estimate of drug-likeness (QED) is 0.276. The van der Waals surface area contributed by atoms with E-state index < -0.39 is 16.6 Å². The van der Waals surface area contributed by atoms with E-state index in [1.54, 1.807) is 7.11 Å². The SMILES string of the molecule is COC1(O)C2(C)C3=C(c4cc(C(C)(C)C)c5ccccc5c4C12C)C1C(CC2C4C=CC(C(C)(C)C(C)C)=CC4C=CC21)N=C3C. The topological polar surface area (TPSA) is 41.8 Å². The Morgan fingerprint density at radius 3 is 2.30 bits per heavy atom. The van der Waals surface area contributed by atoms with Crippen LogP contribution in [0.4, 0.5) is 0 Å². The maximum absolute atomic E-state index is 12.5. The van der Waals surface area contributed by atoms with Crippen LogP contribution in [0.15, 0.2) is 76.9 Å². The molecule has 3 heteroatoms. The Bertz CT molecular complexity index is 1840. The lowest BCUT2D eigenvalue weighted by atomic mass is 9.61. The summed E-state index contributed by atoms with van der Waals surface area (Å²) in [7, 11) is 1.69. The number of allylic oxidation sites excluding steroid dienone is 6. The smallest absolute Gasteiger partial charge is 0.186 e. The fourth-order valence-corrected chi connectivity index (χ4v) is 11.1. The van der Waals surface area contributed by atoms with Crippen molar-refractivity contribution in [1.82, 2.24) is 0 Å². The molecule has 242 valence electrons. The molecule has 0 saturated heterocycles. The Labute approximate surface area is 276 Å². The van der Waals surface area contributed by atoms with Crippen molar-refractivity contribution in [3.8, 4) is 0 Å². The van der Waals surface area contributed by atoms with Gasteiger partial charge in [0, 0.05) is 24.7 Å². The number of dihydropyridines is 1. The first kappa shape index (κ1) is 30.6. The molecular formula is C43H53NO2. The maximum atomic E-state index is 12.5. The van der Waals surface area contributed by atoms with Gasteiger partial charge in [-0.15, -0.1) is 0 Å². The van der Waals surface area contributed by atoms with Crippen LogP contribution in [0.2, 0.25) is 0 Å². The molecule has 9 atom stereocenters.